The van der Waals surface area contributed by atoms with E-state index in [0.717, 1.165) is 23.8 Å². The Hall–Kier alpha value is -1.32. The SMILES string of the molecule is Cc1c(N)nc(C(C)(C)C)nc1NCC1(C)CC1. The fraction of sp³-hybridized carbons (Fsp3) is 0.714. The summed E-state index contributed by atoms with van der Waals surface area (Å²) in [4.78, 5) is 9.02. The van der Waals surface area contributed by atoms with Crippen LogP contribution in [-0.2, 0) is 5.41 Å². The number of anilines is 2. The molecule has 0 bridgehead atoms. The third kappa shape index (κ3) is 2.74. The number of aromatic nitrogens is 2. The minimum atomic E-state index is -0.0816. The number of nitrogens with one attached hydrogen (secondary N) is 1. The smallest absolute Gasteiger partial charge is 0.138 e. The molecule has 4 nitrogen and oxygen atoms in total. The lowest BCUT2D eigenvalue weighted by Crippen LogP contribution is -2.21. The monoisotopic (exact) mass is 248 g/mol. The van der Waals surface area contributed by atoms with Gasteiger partial charge in [-0.25, -0.2) is 9.97 Å². The average molecular weight is 248 g/mol. The molecule has 0 aromatic carbocycles. The first-order valence-corrected chi connectivity index (χ1v) is 6.60. The number of nitrogen functional groups attached to an aromatic ring is 1. The number of nitrogens with two attached hydrogens (primary N) is 1. The number of nitrogens with zero attached hydrogens (tertiary/aromatic N) is 2. The van der Waals surface area contributed by atoms with E-state index in [0.29, 0.717) is 11.2 Å². The number of hydrogen-bond acceptors (Lipinski definition) is 4. The van der Waals surface area contributed by atoms with Gasteiger partial charge >= 0.3 is 0 Å². The molecule has 2 rings (SSSR count). The Balaban J connectivity index is 2.24. The van der Waals surface area contributed by atoms with E-state index in [9.17, 15) is 0 Å². The van der Waals surface area contributed by atoms with Crippen LogP contribution >= 0.6 is 0 Å². The van der Waals surface area contributed by atoms with Crippen LogP contribution in [0.3, 0.4) is 0 Å². The molecule has 1 heterocycles. The number of rotatable bonds is 3. The molecule has 18 heavy (non-hydrogen) atoms. The molecule has 1 fully saturated rings. The molecular weight excluding hydrogens is 224 g/mol. The molecule has 0 unspecified atom stereocenters. The van der Waals surface area contributed by atoms with E-state index in [-0.39, 0.29) is 5.41 Å². The summed E-state index contributed by atoms with van der Waals surface area (Å²) in [6.07, 6.45) is 2.59. The van der Waals surface area contributed by atoms with Gasteiger partial charge in [-0.05, 0) is 25.2 Å². The lowest BCUT2D eigenvalue weighted by atomic mass is 9.95. The van der Waals surface area contributed by atoms with E-state index < -0.39 is 0 Å². The normalized spacial score (nSPS) is 17.6. The van der Waals surface area contributed by atoms with Gasteiger partial charge < -0.3 is 11.1 Å². The molecule has 0 amide bonds. The van der Waals surface area contributed by atoms with Crippen molar-refractivity contribution >= 4 is 11.6 Å². The molecule has 0 radical (unpaired) electrons. The highest BCUT2D eigenvalue weighted by Crippen LogP contribution is 2.44. The van der Waals surface area contributed by atoms with Crippen molar-refractivity contribution in [3.8, 4) is 0 Å². The van der Waals surface area contributed by atoms with E-state index in [2.05, 4.69) is 43.0 Å². The van der Waals surface area contributed by atoms with Gasteiger partial charge in [0.15, 0.2) is 0 Å². The van der Waals surface area contributed by atoms with E-state index in [4.69, 9.17) is 5.73 Å². The van der Waals surface area contributed by atoms with Gasteiger partial charge in [0, 0.05) is 17.5 Å². The maximum Gasteiger partial charge on any atom is 0.138 e. The maximum atomic E-state index is 5.98. The quantitative estimate of drug-likeness (QED) is 0.863. The Morgan fingerprint density at radius 1 is 1.28 bits per heavy atom. The first-order valence-electron chi connectivity index (χ1n) is 6.60. The Labute approximate surface area is 109 Å². The van der Waals surface area contributed by atoms with Crippen molar-refractivity contribution in [2.24, 2.45) is 5.41 Å². The summed E-state index contributed by atoms with van der Waals surface area (Å²) in [7, 11) is 0. The molecule has 4 heteroatoms. The predicted octanol–water partition coefficient (Wildman–Crippen LogP) is 2.88. The van der Waals surface area contributed by atoms with Crippen molar-refractivity contribution in [2.45, 2.75) is 52.9 Å². The third-order valence-electron chi connectivity index (χ3n) is 3.64. The van der Waals surface area contributed by atoms with E-state index >= 15 is 0 Å². The zero-order chi connectivity index (χ0) is 13.6. The van der Waals surface area contributed by atoms with Crippen LogP contribution in [0.15, 0.2) is 0 Å². The van der Waals surface area contributed by atoms with Gasteiger partial charge in [-0.2, -0.15) is 0 Å². The zero-order valence-electron chi connectivity index (χ0n) is 12.1. The molecule has 1 saturated carbocycles. The minimum Gasteiger partial charge on any atom is -0.383 e. The Kier molecular flexibility index (Phi) is 2.99. The van der Waals surface area contributed by atoms with E-state index in [1.165, 1.54) is 12.8 Å². The summed E-state index contributed by atoms with van der Waals surface area (Å²) in [6, 6.07) is 0. The van der Waals surface area contributed by atoms with Crippen LogP contribution in [0.5, 0.6) is 0 Å². The molecule has 100 valence electrons. The minimum absolute atomic E-state index is 0.0816. The lowest BCUT2D eigenvalue weighted by Gasteiger charge is -2.20. The second-order valence-electron chi connectivity index (χ2n) is 6.82. The molecule has 1 aromatic rings. The predicted molar refractivity (Wildman–Crippen MR) is 75.7 cm³/mol. The van der Waals surface area contributed by atoms with Crippen molar-refractivity contribution in [3.63, 3.8) is 0 Å². The second-order valence-corrected chi connectivity index (χ2v) is 6.82. The summed E-state index contributed by atoms with van der Waals surface area (Å²) in [5.41, 5.74) is 7.30. The molecule has 1 aliphatic rings. The number of hydrogen-bond donors (Lipinski definition) is 2. The fourth-order valence-corrected chi connectivity index (χ4v) is 1.73. The molecule has 0 saturated heterocycles. The highest BCUT2D eigenvalue weighted by molar-refractivity contribution is 5.55. The first kappa shape index (κ1) is 13.1. The molecular formula is C14H24N4. The van der Waals surface area contributed by atoms with E-state index in [1.807, 2.05) is 6.92 Å². The Bertz CT molecular complexity index is 456. The summed E-state index contributed by atoms with van der Waals surface area (Å²) in [6.45, 7) is 11.5. The van der Waals surface area contributed by atoms with Gasteiger partial charge in [0.1, 0.15) is 17.5 Å². The van der Waals surface area contributed by atoms with Gasteiger partial charge in [-0.3, -0.25) is 0 Å². The largest absolute Gasteiger partial charge is 0.383 e. The van der Waals surface area contributed by atoms with Gasteiger partial charge in [0.25, 0.3) is 0 Å². The van der Waals surface area contributed by atoms with Crippen LogP contribution < -0.4 is 11.1 Å². The highest BCUT2D eigenvalue weighted by Gasteiger charge is 2.37. The first-order chi connectivity index (χ1) is 8.21. The van der Waals surface area contributed by atoms with Crippen LogP contribution in [0.1, 0.15) is 51.9 Å². The Morgan fingerprint density at radius 3 is 2.39 bits per heavy atom. The van der Waals surface area contributed by atoms with Crippen molar-refractivity contribution in [2.75, 3.05) is 17.6 Å². The molecule has 0 spiro atoms. The molecule has 1 aromatic heterocycles. The molecule has 0 atom stereocenters. The molecule has 1 aliphatic carbocycles. The molecule has 3 N–H and O–H groups in total. The second kappa shape index (κ2) is 4.11. The summed E-state index contributed by atoms with van der Waals surface area (Å²) in [5, 5.41) is 3.44. The zero-order valence-corrected chi connectivity index (χ0v) is 12.1. The van der Waals surface area contributed by atoms with Crippen molar-refractivity contribution in [3.05, 3.63) is 11.4 Å². The Morgan fingerprint density at radius 2 is 1.89 bits per heavy atom. The standard InChI is InChI=1S/C14H24N4/c1-9-10(15)17-12(13(2,3)4)18-11(9)16-8-14(5)6-7-14/h6-8H2,1-5H3,(H3,15,16,17,18). The van der Waals surface area contributed by atoms with Crippen LogP contribution in [0.4, 0.5) is 11.6 Å². The van der Waals surface area contributed by atoms with Gasteiger partial charge in [0.2, 0.25) is 0 Å². The van der Waals surface area contributed by atoms with Crippen LogP contribution in [0, 0.1) is 12.3 Å². The van der Waals surface area contributed by atoms with Crippen LogP contribution in [0.2, 0.25) is 0 Å². The maximum absolute atomic E-state index is 5.98. The van der Waals surface area contributed by atoms with E-state index in [1.54, 1.807) is 0 Å². The fourth-order valence-electron chi connectivity index (χ4n) is 1.73. The van der Waals surface area contributed by atoms with Crippen molar-refractivity contribution in [1.82, 2.24) is 9.97 Å². The highest BCUT2D eigenvalue weighted by atomic mass is 15.1. The van der Waals surface area contributed by atoms with Crippen LogP contribution in [0.25, 0.3) is 0 Å². The van der Waals surface area contributed by atoms with Crippen molar-refractivity contribution < 1.29 is 0 Å². The summed E-state index contributed by atoms with van der Waals surface area (Å²) in [5.74, 6) is 2.27. The van der Waals surface area contributed by atoms with Crippen LogP contribution in [-0.4, -0.2) is 16.5 Å². The summed E-state index contributed by atoms with van der Waals surface area (Å²) >= 11 is 0. The molecule has 0 aliphatic heterocycles. The summed E-state index contributed by atoms with van der Waals surface area (Å²) < 4.78 is 0. The third-order valence-corrected chi connectivity index (χ3v) is 3.64. The van der Waals surface area contributed by atoms with Gasteiger partial charge in [-0.1, -0.05) is 27.7 Å². The van der Waals surface area contributed by atoms with Gasteiger partial charge in [-0.15, -0.1) is 0 Å². The lowest BCUT2D eigenvalue weighted by molar-refractivity contribution is 0.545. The van der Waals surface area contributed by atoms with Crippen molar-refractivity contribution in [1.29, 1.82) is 0 Å². The average Bonchev–Trinajstić information content (AvgIpc) is 2.97. The topological polar surface area (TPSA) is 63.8 Å². The van der Waals surface area contributed by atoms with Gasteiger partial charge in [0.05, 0.1) is 0 Å².